The second kappa shape index (κ2) is 7.40. The van der Waals surface area contributed by atoms with Crippen LogP contribution in [0.2, 0.25) is 9.26 Å². The van der Waals surface area contributed by atoms with E-state index in [0.717, 1.165) is 6.42 Å². The molecule has 0 aromatic heterocycles. The van der Waals surface area contributed by atoms with Crippen molar-refractivity contribution < 1.29 is 24.0 Å². The summed E-state index contributed by atoms with van der Waals surface area (Å²) >= 11 is -1.98. The van der Waals surface area contributed by atoms with Crippen molar-refractivity contribution in [3.63, 3.8) is 0 Å². The zero-order chi connectivity index (χ0) is 11.8. The molecule has 18 heavy (non-hydrogen) atoms. The van der Waals surface area contributed by atoms with Crippen LogP contribution in [0, 0.1) is 0 Å². The maximum atomic E-state index is 9.17. The van der Waals surface area contributed by atoms with Gasteiger partial charge in [0.15, 0.2) is 0 Å². The van der Waals surface area contributed by atoms with E-state index in [4.69, 9.17) is 0 Å². The van der Waals surface area contributed by atoms with Crippen molar-refractivity contribution in [3.05, 3.63) is 41.0 Å². The van der Waals surface area contributed by atoms with Crippen LogP contribution < -0.4 is 0 Å². The molecule has 0 spiro atoms. The molecule has 1 nitrogen and oxygen atoms in total. The SMILES string of the molecule is Cl.Cl.[CH3][Zr]([CH3])(=[SiH2])[CH]1C(CCO)=Cc2ccccc21. The predicted molar refractivity (Wildman–Crippen MR) is 83.6 cm³/mol. The van der Waals surface area contributed by atoms with E-state index in [0.29, 0.717) is 3.63 Å². The van der Waals surface area contributed by atoms with Crippen molar-refractivity contribution in [2.24, 2.45) is 0 Å². The number of benzene rings is 1. The summed E-state index contributed by atoms with van der Waals surface area (Å²) in [5.41, 5.74) is 4.37. The molecule has 1 aliphatic carbocycles. The summed E-state index contributed by atoms with van der Waals surface area (Å²) in [5, 5.41) is 9.17. The Labute approximate surface area is 128 Å². The zero-order valence-electron chi connectivity index (χ0n) is 10.8. The molecule has 0 heterocycles. The first-order valence-corrected chi connectivity index (χ1v) is 18.1. The average Bonchev–Trinajstić information content (AvgIpc) is 2.55. The summed E-state index contributed by atoms with van der Waals surface area (Å²) in [7, 11) is 0. The Bertz CT molecular complexity index is 482. The molecule has 0 fully saturated rings. The van der Waals surface area contributed by atoms with Gasteiger partial charge in [0.2, 0.25) is 0 Å². The van der Waals surface area contributed by atoms with E-state index >= 15 is 0 Å². The molecule has 1 aliphatic rings. The number of halogens is 2. The standard InChI is InChI=1S/C11H11O.2CH3.2ClH.H2Si.Zr/c12-6-5-9-7-10-3-1-2-4-11(10)8-9;;;;;;/h1-4,7-8,12H,5-6H2;2*1H3;2*1H;1H2;. The molecule has 1 aromatic rings. The molecule has 0 bridgehead atoms. The third-order valence-corrected chi connectivity index (χ3v) is 11.1. The number of aliphatic hydroxyl groups excluding tert-OH is 1. The van der Waals surface area contributed by atoms with Gasteiger partial charge in [0.05, 0.1) is 0 Å². The Hall–Kier alpha value is 0.600. The van der Waals surface area contributed by atoms with Crippen LogP contribution in [0.25, 0.3) is 6.08 Å². The molecule has 0 saturated carbocycles. The van der Waals surface area contributed by atoms with Crippen molar-refractivity contribution in [1.82, 2.24) is 0 Å². The van der Waals surface area contributed by atoms with Crippen molar-refractivity contribution in [2.45, 2.75) is 19.3 Å². The minimum atomic E-state index is -1.98. The van der Waals surface area contributed by atoms with Crippen molar-refractivity contribution in [1.29, 1.82) is 0 Å². The number of fused-ring (bicyclic) bond motifs is 1. The van der Waals surface area contributed by atoms with Crippen LogP contribution in [0.1, 0.15) is 21.2 Å². The third kappa shape index (κ3) is 3.80. The zero-order valence-corrected chi connectivity index (χ0v) is 16.4. The van der Waals surface area contributed by atoms with Crippen LogP contribution in [0.4, 0.5) is 0 Å². The monoisotopic (exact) mass is 381 g/mol. The Morgan fingerprint density at radius 1 is 1.22 bits per heavy atom. The van der Waals surface area contributed by atoms with Gasteiger partial charge < -0.3 is 0 Å². The fourth-order valence-electron chi connectivity index (χ4n) is 2.66. The second-order valence-corrected chi connectivity index (χ2v) is 27.2. The summed E-state index contributed by atoms with van der Waals surface area (Å²) in [6, 6.07) is 8.72. The van der Waals surface area contributed by atoms with Gasteiger partial charge in [-0.25, -0.2) is 0 Å². The van der Waals surface area contributed by atoms with Crippen LogP contribution in [0.3, 0.4) is 0 Å². The average molecular weight is 384 g/mol. The van der Waals surface area contributed by atoms with Gasteiger partial charge in [-0.3, -0.25) is 0 Å². The molecule has 5 heteroatoms. The molecule has 1 aromatic carbocycles. The number of hydrogen-bond acceptors (Lipinski definition) is 1. The predicted octanol–water partition coefficient (Wildman–Crippen LogP) is 3.15. The summed E-state index contributed by atoms with van der Waals surface area (Å²) in [5.74, 6) is 0. The van der Waals surface area contributed by atoms with Gasteiger partial charge in [0.1, 0.15) is 0 Å². The van der Waals surface area contributed by atoms with Crippen molar-refractivity contribution in [2.75, 3.05) is 6.61 Å². The number of rotatable bonds is 3. The molecular formula is C13H21Cl2OSiZr. The first kappa shape index (κ1) is 18.6. The molecule has 1 N–H and O–H groups in total. The van der Waals surface area contributed by atoms with Gasteiger partial charge in [0, 0.05) is 0 Å². The normalized spacial score (nSPS) is 17.3. The fourth-order valence-corrected chi connectivity index (χ4v) is 11.3. The van der Waals surface area contributed by atoms with Crippen LogP contribution in [-0.4, -0.2) is 18.6 Å². The van der Waals surface area contributed by atoms with Gasteiger partial charge in [-0.05, 0) is 0 Å². The quantitative estimate of drug-likeness (QED) is 0.795. The summed E-state index contributed by atoms with van der Waals surface area (Å²) in [4.78, 5) is 0. The Morgan fingerprint density at radius 2 is 1.83 bits per heavy atom. The van der Waals surface area contributed by atoms with Gasteiger partial charge in [-0.1, -0.05) is 0 Å². The number of hydrogen-bond donors (Lipinski definition) is 1. The third-order valence-electron chi connectivity index (χ3n) is 3.20. The van der Waals surface area contributed by atoms with E-state index < -0.39 is 18.9 Å². The van der Waals surface area contributed by atoms with E-state index in [-0.39, 0.29) is 31.4 Å². The Kier molecular flexibility index (Phi) is 7.65. The summed E-state index contributed by atoms with van der Waals surface area (Å²) in [6.07, 6.45) is 3.15. The van der Waals surface area contributed by atoms with Crippen LogP contribution in [-0.2, 0) is 18.9 Å². The first-order valence-electron chi connectivity index (χ1n) is 5.79. The van der Waals surface area contributed by atoms with Crippen LogP contribution in [0.5, 0.6) is 0 Å². The van der Waals surface area contributed by atoms with E-state index in [1.165, 1.54) is 16.7 Å². The maximum absolute atomic E-state index is 9.17. The molecule has 0 radical (unpaired) electrons. The van der Waals surface area contributed by atoms with Crippen LogP contribution >= 0.6 is 24.8 Å². The van der Waals surface area contributed by atoms with Crippen molar-refractivity contribution in [3.8, 4) is 0 Å². The van der Waals surface area contributed by atoms with Gasteiger partial charge in [-0.15, -0.1) is 24.8 Å². The molecule has 101 valence electrons. The molecule has 1 unspecified atom stereocenters. The van der Waals surface area contributed by atoms with Crippen molar-refractivity contribution >= 4 is 37.8 Å². The summed E-state index contributed by atoms with van der Waals surface area (Å²) < 4.78 is 5.66. The second-order valence-electron chi connectivity index (χ2n) is 5.24. The fraction of sp³-hybridized carbons (Fsp3) is 0.385. The van der Waals surface area contributed by atoms with Gasteiger partial charge in [-0.2, -0.15) is 0 Å². The molecule has 0 saturated heterocycles. The Morgan fingerprint density at radius 3 is 2.39 bits per heavy atom. The molecule has 2 rings (SSSR count). The number of aliphatic hydroxyl groups is 1. The topological polar surface area (TPSA) is 20.2 Å². The van der Waals surface area contributed by atoms with Gasteiger partial charge in [0.25, 0.3) is 0 Å². The molecule has 0 aliphatic heterocycles. The van der Waals surface area contributed by atoms with E-state index in [1.807, 2.05) is 0 Å². The summed E-state index contributed by atoms with van der Waals surface area (Å²) in [6.45, 7) is 2.54. The van der Waals surface area contributed by atoms with E-state index in [9.17, 15) is 5.11 Å². The van der Waals surface area contributed by atoms with E-state index in [2.05, 4.69) is 46.5 Å². The first-order chi connectivity index (χ1) is 7.54. The molecular weight excluding hydrogens is 362 g/mol. The van der Waals surface area contributed by atoms with Crippen LogP contribution in [0.15, 0.2) is 29.8 Å². The molecule has 0 amide bonds. The van der Waals surface area contributed by atoms with Gasteiger partial charge >= 0.3 is 104 Å². The minimum absolute atomic E-state index is 0. The Balaban J connectivity index is 0.00000144. The van der Waals surface area contributed by atoms with E-state index in [1.54, 1.807) is 0 Å². The molecule has 1 atom stereocenters.